The molecule has 0 aliphatic heterocycles. The molecule has 0 bridgehead atoms. The van der Waals surface area contributed by atoms with Crippen molar-refractivity contribution < 1.29 is 4.39 Å². The highest BCUT2D eigenvalue weighted by molar-refractivity contribution is 14.0. The summed E-state index contributed by atoms with van der Waals surface area (Å²) in [5, 5.41) is 11.0. The maximum Gasteiger partial charge on any atom is 0.191 e. The summed E-state index contributed by atoms with van der Waals surface area (Å²) in [4.78, 5) is 9.14. The zero-order chi connectivity index (χ0) is 20.6. The number of nitrogens with one attached hydrogen (secondary N) is 2. The van der Waals surface area contributed by atoms with Crippen molar-refractivity contribution >= 4 is 29.9 Å². The van der Waals surface area contributed by atoms with Gasteiger partial charge in [0.2, 0.25) is 0 Å². The van der Waals surface area contributed by atoms with Crippen LogP contribution in [0.25, 0.3) is 5.82 Å². The van der Waals surface area contributed by atoms with Crippen molar-refractivity contribution in [2.45, 2.75) is 33.7 Å². The number of hydrogen-bond donors (Lipinski definition) is 2. The molecule has 160 valence electrons. The van der Waals surface area contributed by atoms with Gasteiger partial charge in [0, 0.05) is 25.0 Å². The van der Waals surface area contributed by atoms with Crippen molar-refractivity contribution in [3.8, 4) is 5.82 Å². The lowest BCUT2D eigenvalue weighted by Gasteiger charge is -2.11. The first-order valence-corrected chi connectivity index (χ1v) is 9.80. The fraction of sp³-hybridized carbons (Fsp3) is 0.318. The largest absolute Gasteiger partial charge is 0.357 e. The van der Waals surface area contributed by atoms with Crippen LogP contribution in [0, 0.1) is 19.7 Å². The van der Waals surface area contributed by atoms with Crippen LogP contribution >= 0.6 is 24.0 Å². The summed E-state index contributed by atoms with van der Waals surface area (Å²) in [7, 11) is 0. The number of hydrogen-bond acceptors (Lipinski definition) is 3. The van der Waals surface area contributed by atoms with Crippen molar-refractivity contribution in [1.29, 1.82) is 0 Å². The Morgan fingerprint density at radius 3 is 2.40 bits per heavy atom. The summed E-state index contributed by atoms with van der Waals surface area (Å²) in [6.07, 6.45) is 2.63. The molecule has 2 N–H and O–H groups in total. The summed E-state index contributed by atoms with van der Waals surface area (Å²) in [5.41, 5.74) is 4.13. The van der Waals surface area contributed by atoms with Crippen LogP contribution in [0.15, 0.2) is 53.7 Å². The lowest BCUT2D eigenvalue weighted by molar-refractivity contribution is 0.626. The van der Waals surface area contributed by atoms with Gasteiger partial charge in [-0.25, -0.2) is 19.0 Å². The van der Waals surface area contributed by atoms with Crippen LogP contribution in [0.3, 0.4) is 0 Å². The van der Waals surface area contributed by atoms with Gasteiger partial charge in [-0.2, -0.15) is 5.10 Å². The number of aliphatic imine (C=N–C) groups is 1. The van der Waals surface area contributed by atoms with E-state index in [4.69, 9.17) is 0 Å². The van der Waals surface area contributed by atoms with Gasteiger partial charge < -0.3 is 10.6 Å². The van der Waals surface area contributed by atoms with E-state index in [-0.39, 0.29) is 29.8 Å². The summed E-state index contributed by atoms with van der Waals surface area (Å²) in [6.45, 7) is 8.03. The van der Waals surface area contributed by atoms with Crippen LogP contribution < -0.4 is 10.6 Å². The zero-order valence-corrected chi connectivity index (χ0v) is 19.9. The van der Waals surface area contributed by atoms with E-state index in [9.17, 15) is 4.39 Å². The van der Waals surface area contributed by atoms with Gasteiger partial charge in [-0.1, -0.05) is 18.2 Å². The van der Waals surface area contributed by atoms with E-state index in [0.29, 0.717) is 13.1 Å². The van der Waals surface area contributed by atoms with Gasteiger partial charge in [0.15, 0.2) is 11.8 Å². The van der Waals surface area contributed by atoms with Gasteiger partial charge >= 0.3 is 0 Å². The Hall–Kier alpha value is -2.49. The van der Waals surface area contributed by atoms with Gasteiger partial charge in [0.05, 0.1) is 12.2 Å². The Morgan fingerprint density at radius 2 is 1.80 bits per heavy atom. The van der Waals surface area contributed by atoms with Gasteiger partial charge in [0.1, 0.15) is 5.82 Å². The molecule has 30 heavy (non-hydrogen) atoms. The van der Waals surface area contributed by atoms with E-state index in [1.807, 2.05) is 49.8 Å². The van der Waals surface area contributed by atoms with Crippen molar-refractivity contribution in [2.24, 2.45) is 4.99 Å². The Kier molecular flexibility index (Phi) is 9.22. The second-order valence-electron chi connectivity index (χ2n) is 6.86. The van der Waals surface area contributed by atoms with Gasteiger partial charge in [0.25, 0.3) is 0 Å². The molecule has 0 amide bonds. The number of aromatic nitrogens is 3. The van der Waals surface area contributed by atoms with Gasteiger partial charge in [-0.3, -0.25) is 0 Å². The quantitative estimate of drug-likeness (QED) is 0.280. The number of rotatable bonds is 7. The number of halogens is 2. The Morgan fingerprint density at radius 1 is 1.07 bits per heavy atom. The number of aryl methyl sites for hydroxylation is 2. The topological polar surface area (TPSA) is 67.1 Å². The molecular weight excluding hydrogens is 494 g/mol. The monoisotopic (exact) mass is 522 g/mol. The lowest BCUT2D eigenvalue weighted by atomic mass is 10.1. The SMILES string of the molecule is CCNC(=NCc1ccc(-n2nc(C)cc2C)nc1)NCCc1ccc(F)cc1.I. The molecule has 0 radical (unpaired) electrons. The number of pyridine rings is 1. The second-order valence-corrected chi connectivity index (χ2v) is 6.86. The fourth-order valence-corrected chi connectivity index (χ4v) is 2.98. The molecule has 2 aromatic heterocycles. The van der Waals surface area contributed by atoms with E-state index >= 15 is 0 Å². The number of guanidine groups is 1. The first-order valence-electron chi connectivity index (χ1n) is 9.80. The maximum atomic E-state index is 13.0. The molecule has 0 aliphatic rings. The average molecular weight is 522 g/mol. The summed E-state index contributed by atoms with van der Waals surface area (Å²) >= 11 is 0. The first-order chi connectivity index (χ1) is 14.0. The summed E-state index contributed by atoms with van der Waals surface area (Å²) < 4.78 is 14.8. The average Bonchev–Trinajstić information content (AvgIpc) is 3.06. The Labute approximate surface area is 194 Å². The van der Waals surface area contributed by atoms with Crippen molar-refractivity contribution in [3.63, 3.8) is 0 Å². The smallest absolute Gasteiger partial charge is 0.191 e. The predicted molar refractivity (Wildman–Crippen MR) is 129 cm³/mol. The second kappa shape index (κ2) is 11.6. The standard InChI is InChI=1S/C22H27FN6.HI/c1-4-24-22(25-12-11-18-5-8-20(23)9-6-18)27-15-19-7-10-21(26-14-19)29-17(3)13-16(2)28-29;/h5-10,13-14H,4,11-12,15H2,1-3H3,(H2,24,25,27);1H. The zero-order valence-electron chi connectivity index (χ0n) is 17.5. The minimum atomic E-state index is -0.214. The molecule has 0 spiro atoms. The molecule has 6 nitrogen and oxygen atoms in total. The lowest BCUT2D eigenvalue weighted by Crippen LogP contribution is -2.38. The molecule has 0 saturated heterocycles. The highest BCUT2D eigenvalue weighted by Gasteiger charge is 2.05. The van der Waals surface area contributed by atoms with E-state index < -0.39 is 0 Å². The fourth-order valence-electron chi connectivity index (χ4n) is 2.98. The van der Waals surface area contributed by atoms with E-state index in [0.717, 1.165) is 47.3 Å². The molecule has 8 heteroatoms. The first kappa shape index (κ1) is 23.8. The van der Waals surface area contributed by atoms with Crippen LogP contribution in [-0.4, -0.2) is 33.8 Å². The van der Waals surface area contributed by atoms with Crippen molar-refractivity contribution in [2.75, 3.05) is 13.1 Å². The summed E-state index contributed by atoms with van der Waals surface area (Å²) in [5.74, 6) is 1.33. The molecule has 0 saturated carbocycles. The number of benzene rings is 1. The van der Waals surface area contributed by atoms with E-state index in [2.05, 4.69) is 25.7 Å². The predicted octanol–water partition coefficient (Wildman–Crippen LogP) is 3.94. The molecule has 0 fully saturated rings. The van der Waals surface area contributed by atoms with Crippen LogP contribution in [0.1, 0.15) is 29.4 Å². The third-order valence-corrected chi connectivity index (χ3v) is 4.42. The molecule has 3 aromatic rings. The highest BCUT2D eigenvalue weighted by atomic mass is 127. The van der Waals surface area contributed by atoms with Crippen LogP contribution in [0.2, 0.25) is 0 Å². The maximum absolute atomic E-state index is 13.0. The van der Waals surface area contributed by atoms with Crippen LogP contribution in [0.4, 0.5) is 4.39 Å². The van der Waals surface area contributed by atoms with Gasteiger partial charge in [-0.15, -0.1) is 24.0 Å². The third kappa shape index (κ3) is 6.79. The normalized spacial score (nSPS) is 11.1. The van der Waals surface area contributed by atoms with E-state index in [1.54, 1.807) is 12.1 Å². The van der Waals surface area contributed by atoms with Crippen LogP contribution in [-0.2, 0) is 13.0 Å². The molecule has 0 unspecified atom stereocenters. The molecule has 0 atom stereocenters. The molecule has 3 rings (SSSR count). The minimum Gasteiger partial charge on any atom is -0.357 e. The Balaban J connectivity index is 0.00000320. The van der Waals surface area contributed by atoms with E-state index in [1.165, 1.54) is 12.1 Å². The molecular formula is C22H28FIN6. The van der Waals surface area contributed by atoms with Crippen molar-refractivity contribution in [1.82, 2.24) is 25.4 Å². The molecule has 1 aromatic carbocycles. The third-order valence-electron chi connectivity index (χ3n) is 4.42. The van der Waals surface area contributed by atoms with Crippen LogP contribution in [0.5, 0.6) is 0 Å². The molecule has 0 aliphatic carbocycles. The summed E-state index contributed by atoms with van der Waals surface area (Å²) in [6, 6.07) is 12.6. The highest BCUT2D eigenvalue weighted by Crippen LogP contribution is 2.10. The number of nitrogens with zero attached hydrogens (tertiary/aromatic N) is 4. The Bertz CT molecular complexity index is 951. The van der Waals surface area contributed by atoms with Crippen molar-refractivity contribution in [3.05, 3.63) is 77.0 Å². The molecule has 2 heterocycles. The minimum absolute atomic E-state index is 0. The van der Waals surface area contributed by atoms with Gasteiger partial charge in [-0.05, 0) is 62.6 Å².